The maximum atomic E-state index is 12.5. The first-order valence-corrected chi connectivity index (χ1v) is 9.65. The number of thiophene rings is 1. The van der Waals surface area contributed by atoms with Gasteiger partial charge in [0.05, 0.1) is 4.88 Å². The molecule has 5 nitrogen and oxygen atoms in total. The van der Waals surface area contributed by atoms with E-state index in [4.69, 9.17) is 4.74 Å². The van der Waals surface area contributed by atoms with Crippen LogP contribution in [0.5, 0.6) is 5.75 Å². The predicted octanol–water partition coefficient (Wildman–Crippen LogP) is 3.04. The van der Waals surface area contributed by atoms with Crippen molar-refractivity contribution >= 4 is 23.2 Å². The average Bonchev–Trinajstić information content (AvgIpc) is 3.14. The lowest BCUT2D eigenvalue weighted by Gasteiger charge is -2.34. The summed E-state index contributed by atoms with van der Waals surface area (Å²) in [6.45, 7) is 8.28. The van der Waals surface area contributed by atoms with Gasteiger partial charge in [0, 0.05) is 26.2 Å². The first-order valence-electron chi connectivity index (χ1n) is 8.77. The minimum atomic E-state index is -0.0346. The molecular weight excluding hydrogens is 348 g/mol. The van der Waals surface area contributed by atoms with Crippen molar-refractivity contribution in [3.8, 4) is 5.75 Å². The van der Waals surface area contributed by atoms with E-state index < -0.39 is 0 Å². The number of amides is 2. The van der Waals surface area contributed by atoms with Crippen molar-refractivity contribution in [2.75, 3.05) is 32.8 Å². The highest BCUT2D eigenvalue weighted by molar-refractivity contribution is 7.12. The summed E-state index contributed by atoms with van der Waals surface area (Å²) < 4.78 is 5.80. The summed E-state index contributed by atoms with van der Waals surface area (Å²) in [4.78, 5) is 29.2. The number of hydrogen-bond donors (Lipinski definition) is 0. The van der Waals surface area contributed by atoms with E-state index in [2.05, 4.69) is 12.1 Å². The molecule has 1 aliphatic heterocycles. The number of nitrogens with zero attached hydrogens (tertiary/aromatic N) is 2. The van der Waals surface area contributed by atoms with Gasteiger partial charge in [0.25, 0.3) is 11.8 Å². The van der Waals surface area contributed by atoms with Crippen LogP contribution in [0.25, 0.3) is 0 Å². The van der Waals surface area contributed by atoms with Gasteiger partial charge in [0.2, 0.25) is 0 Å². The van der Waals surface area contributed by atoms with Gasteiger partial charge in [0.1, 0.15) is 5.75 Å². The van der Waals surface area contributed by atoms with Crippen LogP contribution in [0.4, 0.5) is 0 Å². The van der Waals surface area contributed by atoms with Gasteiger partial charge in [-0.15, -0.1) is 11.3 Å². The Morgan fingerprint density at radius 1 is 1.04 bits per heavy atom. The molecule has 0 radical (unpaired) electrons. The second-order valence-electron chi connectivity index (χ2n) is 6.67. The molecule has 0 spiro atoms. The molecule has 0 aliphatic carbocycles. The van der Waals surface area contributed by atoms with Crippen LogP contribution in [0, 0.1) is 20.8 Å². The van der Waals surface area contributed by atoms with E-state index in [1.54, 1.807) is 4.90 Å². The molecule has 138 valence electrons. The molecule has 0 N–H and O–H groups in total. The predicted molar refractivity (Wildman–Crippen MR) is 103 cm³/mol. The van der Waals surface area contributed by atoms with Crippen molar-refractivity contribution in [1.82, 2.24) is 9.80 Å². The minimum Gasteiger partial charge on any atom is -0.483 e. The van der Waals surface area contributed by atoms with Crippen molar-refractivity contribution in [2.45, 2.75) is 20.8 Å². The Kier molecular flexibility index (Phi) is 5.61. The van der Waals surface area contributed by atoms with Gasteiger partial charge in [-0.2, -0.15) is 0 Å². The number of carbonyl (C=O) groups excluding carboxylic acids is 2. The highest BCUT2D eigenvalue weighted by Crippen LogP contribution is 2.24. The van der Waals surface area contributed by atoms with Gasteiger partial charge in [-0.05, 0) is 43.3 Å². The smallest absolute Gasteiger partial charge is 0.264 e. The number of rotatable bonds is 4. The molecule has 2 amide bonds. The third-order valence-electron chi connectivity index (χ3n) is 4.60. The fraction of sp³-hybridized carbons (Fsp3) is 0.400. The molecule has 3 rings (SSSR count). The van der Waals surface area contributed by atoms with E-state index in [9.17, 15) is 9.59 Å². The molecule has 0 atom stereocenters. The molecule has 2 aromatic rings. The Hall–Kier alpha value is -2.34. The number of hydrogen-bond acceptors (Lipinski definition) is 4. The molecule has 0 bridgehead atoms. The molecule has 26 heavy (non-hydrogen) atoms. The van der Waals surface area contributed by atoms with Crippen LogP contribution in [0.1, 0.15) is 26.4 Å². The Balaban J connectivity index is 1.52. The Labute approximate surface area is 158 Å². The number of ether oxygens (including phenoxy) is 1. The minimum absolute atomic E-state index is 0.0314. The van der Waals surface area contributed by atoms with E-state index in [0.29, 0.717) is 26.2 Å². The number of piperazine rings is 1. The summed E-state index contributed by atoms with van der Waals surface area (Å²) in [5.74, 6) is 0.803. The molecular formula is C20H24N2O3S. The van der Waals surface area contributed by atoms with E-state index in [1.807, 2.05) is 43.2 Å². The van der Waals surface area contributed by atoms with Gasteiger partial charge in [-0.3, -0.25) is 9.59 Å². The van der Waals surface area contributed by atoms with Crippen LogP contribution in [-0.4, -0.2) is 54.4 Å². The lowest BCUT2D eigenvalue weighted by atomic mass is 10.1. The lowest BCUT2D eigenvalue weighted by molar-refractivity contribution is -0.134. The largest absolute Gasteiger partial charge is 0.483 e. The van der Waals surface area contributed by atoms with Crippen molar-refractivity contribution < 1.29 is 14.3 Å². The van der Waals surface area contributed by atoms with E-state index >= 15 is 0 Å². The molecule has 1 saturated heterocycles. The fourth-order valence-corrected chi connectivity index (χ4v) is 4.03. The third-order valence-corrected chi connectivity index (χ3v) is 5.45. The summed E-state index contributed by atoms with van der Waals surface area (Å²) >= 11 is 1.45. The Morgan fingerprint density at radius 2 is 1.65 bits per heavy atom. The number of carbonyl (C=O) groups is 2. The summed E-state index contributed by atoms with van der Waals surface area (Å²) in [5, 5.41) is 1.90. The highest BCUT2D eigenvalue weighted by Gasteiger charge is 2.25. The van der Waals surface area contributed by atoms with Gasteiger partial charge in [0.15, 0.2) is 6.61 Å². The number of benzene rings is 1. The van der Waals surface area contributed by atoms with Gasteiger partial charge < -0.3 is 14.5 Å². The number of aryl methyl sites for hydroxylation is 3. The van der Waals surface area contributed by atoms with E-state index in [0.717, 1.165) is 21.8 Å². The summed E-state index contributed by atoms with van der Waals surface area (Å²) in [7, 11) is 0. The third kappa shape index (κ3) is 4.07. The molecule has 1 aliphatic rings. The van der Waals surface area contributed by atoms with Crippen molar-refractivity contribution in [3.05, 3.63) is 51.2 Å². The normalized spacial score (nSPS) is 14.4. The van der Waals surface area contributed by atoms with E-state index in [1.165, 1.54) is 16.9 Å². The molecule has 0 saturated carbocycles. The van der Waals surface area contributed by atoms with Gasteiger partial charge in [-0.1, -0.05) is 23.8 Å². The molecule has 6 heteroatoms. The highest BCUT2D eigenvalue weighted by atomic mass is 32.1. The Bertz CT molecular complexity index is 770. The fourth-order valence-electron chi connectivity index (χ4n) is 3.33. The zero-order valence-corrected chi connectivity index (χ0v) is 16.3. The maximum absolute atomic E-state index is 12.5. The van der Waals surface area contributed by atoms with Crippen LogP contribution < -0.4 is 4.74 Å². The van der Waals surface area contributed by atoms with Crippen molar-refractivity contribution in [3.63, 3.8) is 0 Å². The van der Waals surface area contributed by atoms with Crippen LogP contribution in [0.2, 0.25) is 0 Å². The Morgan fingerprint density at radius 3 is 2.23 bits per heavy atom. The lowest BCUT2D eigenvalue weighted by Crippen LogP contribution is -2.51. The topological polar surface area (TPSA) is 49.9 Å². The van der Waals surface area contributed by atoms with Crippen LogP contribution in [0.15, 0.2) is 29.6 Å². The van der Waals surface area contributed by atoms with Crippen LogP contribution in [-0.2, 0) is 4.79 Å². The standard InChI is InChI=1S/C20H24N2O3S/c1-14-11-15(2)19(16(3)12-14)25-13-18(23)21-6-8-22(9-7-21)20(24)17-5-4-10-26-17/h4-5,10-12H,6-9,13H2,1-3H3. The molecule has 1 aromatic carbocycles. The van der Waals surface area contributed by atoms with Crippen molar-refractivity contribution in [2.24, 2.45) is 0 Å². The SMILES string of the molecule is Cc1cc(C)c(OCC(=O)N2CCN(C(=O)c3cccs3)CC2)c(C)c1. The zero-order chi connectivity index (χ0) is 18.7. The first-order chi connectivity index (χ1) is 12.5. The molecule has 2 heterocycles. The molecule has 1 aromatic heterocycles. The van der Waals surface area contributed by atoms with Crippen LogP contribution >= 0.6 is 11.3 Å². The maximum Gasteiger partial charge on any atom is 0.264 e. The van der Waals surface area contributed by atoms with Gasteiger partial charge in [-0.25, -0.2) is 0 Å². The average molecular weight is 372 g/mol. The molecule has 0 unspecified atom stereocenters. The first kappa shape index (κ1) is 18.5. The zero-order valence-electron chi connectivity index (χ0n) is 15.4. The monoisotopic (exact) mass is 372 g/mol. The van der Waals surface area contributed by atoms with Gasteiger partial charge >= 0.3 is 0 Å². The summed E-state index contributed by atoms with van der Waals surface area (Å²) in [6, 6.07) is 7.83. The summed E-state index contributed by atoms with van der Waals surface area (Å²) in [6.07, 6.45) is 0. The quantitative estimate of drug-likeness (QED) is 0.829. The van der Waals surface area contributed by atoms with Crippen LogP contribution in [0.3, 0.4) is 0 Å². The second kappa shape index (κ2) is 7.91. The summed E-state index contributed by atoms with van der Waals surface area (Å²) in [5.41, 5.74) is 3.27. The van der Waals surface area contributed by atoms with E-state index in [-0.39, 0.29) is 18.4 Å². The van der Waals surface area contributed by atoms with Crippen molar-refractivity contribution in [1.29, 1.82) is 0 Å². The molecule has 1 fully saturated rings. The second-order valence-corrected chi connectivity index (χ2v) is 7.61.